The third kappa shape index (κ3) is 5.85. The molecule has 8 nitrogen and oxygen atoms in total. The minimum atomic E-state index is 0.199. The van der Waals surface area contributed by atoms with Crippen LogP contribution in [-0.4, -0.2) is 9.97 Å². The number of para-hydroxylation sites is 2. The number of nitrogens with zero attached hydrogens (tertiary/aromatic N) is 6. The van der Waals surface area contributed by atoms with E-state index in [1.807, 2.05) is 72.8 Å². The minimum absolute atomic E-state index is 0.199. The summed E-state index contributed by atoms with van der Waals surface area (Å²) >= 11 is 0. The molecule has 0 aliphatic carbocycles. The van der Waals surface area contributed by atoms with Crippen molar-refractivity contribution in [1.29, 1.82) is 21.0 Å². The fraction of sp³-hybridized carbons (Fsp3) is 0.158. The fourth-order valence-corrected chi connectivity index (χ4v) is 5.53. The van der Waals surface area contributed by atoms with Crippen LogP contribution in [0.2, 0.25) is 0 Å². The van der Waals surface area contributed by atoms with Crippen LogP contribution in [0.3, 0.4) is 0 Å². The van der Waals surface area contributed by atoms with E-state index in [1.165, 1.54) is 0 Å². The van der Waals surface area contributed by atoms with Crippen molar-refractivity contribution in [2.45, 2.75) is 40.9 Å². The SMILES string of the molecule is Cc1nc(C)c(C#N)c(-c2ccccc2OCc2ccccc2COc2ccccc2-c2c(C#N)c(C)nc(C)c2C#N)c1C#N. The van der Waals surface area contributed by atoms with Gasteiger partial charge in [0.05, 0.1) is 45.0 Å². The van der Waals surface area contributed by atoms with Gasteiger partial charge in [-0.05, 0) is 51.0 Å². The van der Waals surface area contributed by atoms with E-state index >= 15 is 0 Å². The second-order valence-electron chi connectivity index (χ2n) is 10.6. The molecule has 0 saturated heterocycles. The molecule has 5 aromatic rings. The van der Waals surface area contributed by atoms with Crippen molar-refractivity contribution in [2.24, 2.45) is 0 Å². The zero-order valence-corrected chi connectivity index (χ0v) is 25.8. The molecule has 0 unspecified atom stereocenters. The summed E-state index contributed by atoms with van der Waals surface area (Å²) in [5.74, 6) is 1.05. The second-order valence-corrected chi connectivity index (χ2v) is 10.6. The van der Waals surface area contributed by atoms with Gasteiger partial charge in [0.2, 0.25) is 0 Å². The first kappa shape index (κ1) is 31.0. The molecule has 2 heterocycles. The van der Waals surface area contributed by atoms with Gasteiger partial charge in [0.15, 0.2) is 0 Å². The number of pyridine rings is 2. The van der Waals surface area contributed by atoms with Crippen molar-refractivity contribution < 1.29 is 9.47 Å². The number of aromatic nitrogens is 2. The highest BCUT2D eigenvalue weighted by Gasteiger charge is 2.22. The average molecular weight is 601 g/mol. The predicted molar refractivity (Wildman–Crippen MR) is 172 cm³/mol. The number of rotatable bonds is 8. The van der Waals surface area contributed by atoms with E-state index in [9.17, 15) is 21.0 Å². The average Bonchev–Trinajstić information content (AvgIpc) is 3.06. The summed E-state index contributed by atoms with van der Waals surface area (Å²) in [5, 5.41) is 39.8. The van der Waals surface area contributed by atoms with Crippen molar-refractivity contribution in [3.63, 3.8) is 0 Å². The van der Waals surface area contributed by atoms with Crippen molar-refractivity contribution in [1.82, 2.24) is 9.97 Å². The Morgan fingerprint density at radius 1 is 0.478 bits per heavy atom. The predicted octanol–water partition coefficient (Wildman–Crippen LogP) is 7.69. The van der Waals surface area contributed by atoms with Crippen molar-refractivity contribution in [2.75, 3.05) is 0 Å². The largest absolute Gasteiger partial charge is 0.488 e. The molecule has 0 fully saturated rings. The van der Waals surface area contributed by atoms with Gasteiger partial charge in [0.25, 0.3) is 0 Å². The lowest BCUT2D eigenvalue weighted by Crippen LogP contribution is -2.06. The van der Waals surface area contributed by atoms with E-state index < -0.39 is 0 Å². The van der Waals surface area contributed by atoms with Crippen molar-refractivity contribution in [3.8, 4) is 58.0 Å². The lowest BCUT2D eigenvalue weighted by atomic mass is 9.93. The third-order valence-electron chi connectivity index (χ3n) is 7.76. The Morgan fingerprint density at radius 2 is 0.783 bits per heavy atom. The maximum atomic E-state index is 9.95. The molecule has 8 heteroatoms. The molecule has 0 aliphatic heterocycles. The Hall–Kier alpha value is -6.48. The number of hydrogen-bond acceptors (Lipinski definition) is 8. The van der Waals surface area contributed by atoms with Gasteiger partial charge in [-0.15, -0.1) is 0 Å². The smallest absolute Gasteiger partial charge is 0.127 e. The molecule has 3 aromatic carbocycles. The molecule has 46 heavy (non-hydrogen) atoms. The highest BCUT2D eigenvalue weighted by Crippen LogP contribution is 2.38. The van der Waals surface area contributed by atoms with Crippen LogP contribution in [-0.2, 0) is 13.2 Å². The van der Waals surface area contributed by atoms with Gasteiger partial charge in [0, 0.05) is 22.3 Å². The fourth-order valence-electron chi connectivity index (χ4n) is 5.53. The molecule has 0 amide bonds. The first-order chi connectivity index (χ1) is 22.3. The summed E-state index contributed by atoms with van der Waals surface area (Å²) in [6.45, 7) is 7.43. The summed E-state index contributed by atoms with van der Waals surface area (Å²) in [6.07, 6.45) is 0. The van der Waals surface area contributed by atoms with Crippen LogP contribution in [0.5, 0.6) is 11.5 Å². The van der Waals surface area contributed by atoms with E-state index in [0.29, 0.717) is 78.8 Å². The molecule has 0 atom stereocenters. The van der Waals surface area contributed by atoms with Gasteiger partial charge in [-0.1, -0.05) is 60.7 Å². The molecule has 0 spiro atoms. The third-order valence-corrected chi connectivity index (χ3v) is 7.76. The zero-order valence-electron chi connectivity index (χ0n) is 25.8. The van der Waals surface area contributed by atoms with Crippen LogP contribution >= 0.6 is 0 Å². The van der Waals surface area contributed by atoms with Gasteiger partial charge in [-0.25, -0.2) is 0 Å². The molecule has 0 aliphatic rings. The van der Waals surface area contributed by atoms with Crippen LogP contribution in [0.4, 0.5) is 0 Å². The van der Waals surface area contributed by atoms with Gasteiger partial charge >= 0.3 is 0 Å². The Morgan fingerprint density at radius 3 is 1.11 bits per heavy atom. The van der Waals surface area contributed by atoms with Crippen LogP contribution in [0.25, 0.3) is 22.3 Å². The molecule has 0 bridgehead atoms. The Kier molecular flexibility index (Phi) is 9.05. The van der Waals surface area contributed by atoms with E-state index in [1.54, 1.807) is 27.7 Å². The minimum Gasteiger partial charge on any atom is -0.488 e. The molecule has 2 aromatic heterocycles. The maximum absolute atomic E-state index is 9.95. The lowest BCUT2D eigenvalue weighted by molar-refractivity contribution is 0.286. The molecule has 0 radical (unpaired) electrons. The Labute approximate surface area is 268 Å². The molecule has 0 N–H and O–H groups in total. The summed E-state index contributed by atoms with van der Waals surface area (Å²) in [7, 11) is 0. The van der Waals surface area contributed by atoms with Gasteiger partial charge in [0.1, 0.15) is 49.0 Å². The Bertz CT molecular complexity index is 1930. The summed E-state index contributed by atoms with van der Waals surface area (Å²) in [4.78, 5) is 8.80. The van der Waals surface area contributed by atoms with Gasteiger partial charge < -0.3 is 9.47 Å². The van der Waals surface area contributed by atoms with Crippen LogP contribution in [0, 0.1) is 73.0 Å². The zero-order chi connectivity index (χ0) is 32.8. The van der Waals surface area contributed by atoms with E-state index in [-0.39, 0.29) is 13.2 Å². The van der Waals surface area contributed by atoms with Crippen molar-refractivity contribution >= 4 is 0 Å². The maximum Gasteiger partial charge on any atom is 0.127 e. The quantitative estimate of drug-likeness (QED) is 0.177. The number of hydrogen-bond donors (Lipinski definition) is 0. The topological polar surface area (TPSA) is 139 Å². The van der Waals surface area contributed by atoms with Crippen LogP contribution in [0.1, 0.15) is 56.2 Å². The highest BCUT2D eigenvalue weighted by atomic mass is 16.5. The first-order valence-corrected chi connectivity index (χ1v) is 14.5. The summed E-state index contributed by atoms with van der Waals surface area (Å²) < 4.78 is 12.7. The van der Waals surface area contributed by atoms with E-state index in [4.69, 9.17) is 9.47 Å². The Balaban J connectivity index is 1.46. The monoisotopic (exact) mass is 600 g/mol. The summed E-state index contributed by atoms with van der Waals surface area (Å²) in [5.41, 5.74) is 7.59. The number of ether oxygens (including phenoxy) is 2. The number of nitriles is 4. The summed E-state index contributed by atoms with van der Waals surface area (Å²) in [6, 6.07) is 31.3. The standard InChI is InChI=1S/C38H28N6O2/c1-23-31(17-39)37(32(18-40)24(2)43-23)29-13-7-9-15-35(29)45-21-27-11-5-6-12-28(27)22-46-36-16-10-8-14-30(36)38-33(19-41)25(3)44-26(4)34(38)20-42/h5-16H,21-22H2,1-4H3. The van der Waals surface area contributed by atoms with Gasteiger partial charge in [-0.2, -0.15) is 21.0 Å². The molecule has 0 saturated carbocycles. The van der Waals surface area contributed by atoms with Crippen LogP contribution in [0.15, 0.2) is 72.8 Å². The van der Waals surface area contributed by atoms with Crippen molar-refractivity contribution in [3.05, 3.63) is 129 Å². The normalized spacial score (nSPS) is 10.3. The van der Waals surface area contributed by atoms with Gasteiger partial charge in [-0.3, -0.25) is 9.97 Å². The number of benzene rings is 3. The molecule has 222 valence electrons. The first-order valence-electron chi connectivity index (χ1n) is 14.5. The molecular formula is C38H28N6O2. The van der Waals surface area contributed by atoms with E-state index in [0.717, 1.165) is 11.1 Å². The lowest BCUT2D eigenvalue weighted by Gasteiger charge is -2.18. The van der Waals surface area contributed by atoms with E-state index in [2.05, 4.69) is 34.2 Å². The number of aryl methyl sites for hydroxylation is 4. The highest BCUT2D eigenvalue weighted by molar-refractivity contribution is 5.83. The molecule has 5 rings (SSSR count). The second kappa shape index (κ2) is 13.4. The molecular weight excluding hydrogens is 572 g/mol. The van der Waals surface area contributed by atoms with Crippen LogP contribution < -0.4 is 9.47 Å².